The van der Waals surface area contributed by atoms with Crippen molar-refractivity contribution in [2.24, 2.45) is 0 Å². The Hall–Kier alpha value is -1.28. The van der Waals surface area contributed by atoms with E-state index in [0.717, 1.165) is 69.0 Å². The first kappa shape index (κ1) is 20.5. The van der Waals surface area contributed by atoms with Gasteiger partial charge in [-0.15, -0.1) is 11.3 Å². The van der Waals surface area contributed by atoms with Crippen LogP contribution in [0.1, 0.15) is 37.0 Å². The number of anilines is 1. The van der Waals surface area contributed by atoms with Gasteiger partial charge in [0, 0.05) is 30.6 Å². The molecule has 3 rings (SSSR count). The molecule has 27 heavy (non-hydrogen) atoms. The molecule has 6 nitrogen and oxygen atoms in total. The van der Waals surface area contributed by atoms with Crippen LogP contribution >= 0.6 is 11.3 Å². The average Bonchev–Trinajstić information content (AvgIpc) is 2.95. The molecule has 0 amide bonds. The largest absolute Gasteiger partial charge is 0.379 e. The standard InChI is InChI=1S/C20H33N5OS/c1-6-25(7-2)14(3)12-21-19-18-15(4)16(5)27-20(18)23-17(22-19)13-24-8-10-26-11-9-24/h14H,6-13H2,1-5H3,(H,21,22,23). The molecule has 150 valence electrons. The second-order valence-electron chi connectivity index (χ2n) is 7.29. The van der Waals surface area contributed by atoms with E-state index in [-0.39, 0.29) is 0 Å². The number of ether oxygens (including phenoxy) is 1. The van der Waals surface area contributed by atoms with E-state index in [1.54, 1.807) is 11.3 Å². The first-order valence-electron chi connectivity index (χ1n) is 10.1. The van der Waals surface area contributed by atoms with E-state index >= 15 is 0 Å². The van der Waals surface area contributed by atoms with Crippen LogP contribution in [-0.2, 0) is 11.3 Å². The molecule has 1 unspecified atom stereocenters. The van der Waals surface area contributed by atoms with Crippen molar-refractivity contribution in [1.82, 2.24) is 19.8 Å². The second kappa shape index (κ2) is 9.28. The van der Waals surface area contributed by atoms with E-state index in [1.165, 1.54) is 15.8 Å². The van der Waals surface area contributed by atoms with Crippen molar-refractivity contribution in [3.05, 3.63) is 16.3 Å². The number of morpholine rings is 1. The SMILES string of the molecule is CCN(CC)C(C)CNc1nc(CN2CCOCC2)nc2sc(C)c(C)c12. The predicted octanol–water partition coefficient (Wildman–Crippen LogP) is 3.28. The van der Waals surface area contributed by atoms with Gasteiger partial charge in [-0.3, -0.25) is 9.80 Å². The summed E-state index contributed by atoms with van der Waals surface area (Å²) in [4.78, 5) is 17.1. The highest BCUT2D eigenvalue weighted by atomic mass is 32.1. The van der Waals surface area contributed by atoms with Gasteiger partial charge in [0.15, 0.2) is 0 Å². The minimum atomic E-state index is 0.466. The number of nitrogens with one attached hydrogen (secondary N) is 1. The second-order valence-corrected chi connectivity index (χ2v) is 8.49. The Labute approximate surface area is 166 Å². The fourth-order valence-electron chi connectivity index (χ4n) is 3.67. The molecule has 1 fully saturated rings. The van der Waals surface area contributed by atoms with Crippen molar-refractivity contribution < 1.29 is 4.74 Å². The lowest BCUT2D eigenvalue weighted by Gasteiger charge is -2.27. The highest BCUT2D eigenvalue weighted by Crippen LogP contribution is 2.33. The topological polar surface area (TPSA) is 53.5 Å². The number of hydrogen-bond donors (Lipinski definition) is 1. The minimum absolute atomic E-state index is 0.466. The molecule has 1 N–H and O–H groups in total. The Bertz CT molecular complexity index is 752. The molecule has 1 aliphatic rings. The summed E-state index contributed by atoms with van der Waals surface area (Å²) in [7, 11) is 0. The summed E-state index contributed by atoms with van der Waals surface area (Å²) in [6.07, 6.45) is 0. The van der Waals surface area contributed by atoms with Gasteiger partial charge >= 0.3 is 0 Å². The van der Waals surface area contributed by atoms with E-state index in [1.807, 2.05) is 0 Å². The highest BCUT2D eigenvalue weighted by Gasteiger charge is 2.18. The summed E-state index contributed by atoms with van der Waals surface area (Å²) in [6.45, 7) is 18.4. The number of likely N-dealkylation sites (N-methyl/N-ethyl adjacent to an activating group) is 1. The van der Waals surface area contributed by atoms with Gasteiger partial charge < -0.3 is 10.1 Å². The van der Waals surface area contributed by atoms with E-state index in [2.05, 4.69) is 49.7 Å². The van der Waals surface area contributed by atoms with Gasteiger partial charge in [-0.2, -0.15) is 0 Å². The summed E-state index contributed by atoms with van der Waals surface area (Å²) in [5, 5.41) is 4.83. The van der Waals surface area contributed by atoms with Crippen LogP contribution in [0.4, 0.5) is 5.82 Å². The molecule has 0 saturated carbocycles. The van der Waals surface area contributed by atoms with Crippen LogP contribution in [0.3, 0.4) is 0 Å². The lowest BCUT2D eigenvalue weighted by atomic mass is 10.2. The number of hydrogen-bond acceptors (Lipinski definition) is 7. The summed E-state index contributed by atoms with van der Waals surface area (Å²) < 4.78 is 5.46. The summed E-state index contributed by atoms with van der Waals surface area (Å²) in [5.74, 6) is 1.90. The molecular formula is C20H33N5OS. The Morgan fingerprint density at radius 2 is 1.89 bits per heavy atom. The number of thiophene rings is 1. The molecule has 0 radical (unpaired) electrons. The van der Waals surface area contributed by atoms with Gasteiger partial charge in [0.2, 0.25) is 0 Å². The number of nitrogens with zero attached hydrogens (tertiary/aromatic N) is 4. The molecule has 3 heterocycles. The van der Waals surface area contributed by atoms with Gasteiger partial charge in [-0.25, -0.2) is 9.97 Å². The van der Waals surface area contributed by atoms with Crippen LogP contribution in [0.2, 0.25) is 0 Å². The average molecular weight is 392 g/mol. The van der Waals surface area contributed by atoms with Crippen molar-refractivity contribution in [3.63, 3.8) is 0 Å². The Morgan fingerprint density at radius 1 is 1.19 bits per heavy atom. The molecule has 1 atom stereocenters. The van der Waals surface area contributed by atoms with E-state index in [9.17, 15) is 0 Å². The molecule has 0 aliphatic carbocycles. The summed E-state index contributed by atoms with van der Waals surface area (Å²) in [5.41, 5.74) is 1.30. The van der Waals surface area contributed by atoms with Crippen LogP contribution in [0.25, 0.3) is 10.2 Å². The molecular weight excluding hydrogens is 358 g/mol. The molecule has 2 aromatic heterocycles. The van der Waals surface area contributed by atoms with E-state index in [4.69, 9.17) is 14.7 Å². The highest BCUT2D eigenvalue weighted by molar-refractivity contribution is 7.18. The van der Waals surface area contributed by atoms with E-state index in [0.29, 0.717) is 6.04 Å². The van der Waals surface area contributed by atoms with Crippen LogP contribution in [0.15, 0.2) is 0 Å². The van der Waals surface area contributed by atoms with Gasteiger partial charge in [0.1, 0.15) is 16.5 Å². The van der Waals surface area contributed by atoms with Gasteiger partial charge in [0.25, 0.3) is 0 Å². The lowest BCUT2D eigenvalue weighted by Crippen LogP contribution is -2.38. The zero-order valence-electron chi connectivity index (χ0n) is 17.3. The minimum Gasteiger partial charge on any atom is -0.379 e. The first-order valence-corrected chi connectivity index (χ1v) is 10.9. The maximum absolute atomic E-state index is 5.46. The molecule has 7 heteroatoms. The third kappa shape index (κ3) is 4.77. The summed E-state index contributed by atoms with van der Waals surface area (Å²) >= 11 is 1.77. The first-order chi connectivity index (χ1) is 13.0. The van der Waals surface area contributed by atoms with Crippen molar-refractivity contribution >= 4 is 27.4 Å². The van der Waals surface area contributed by atoms with Crippen molar-refractivity contribution in [1.29, 1.82) is 0 Å². The fraction of sp³-hybridized carbons (Fsp3) is 0.700. The Morgan fingerprint density at radius 3 is 2.56 bits per heavy atom. The zero-order chi connectivity index (χ0) is 19.4. The fourth-order valence-corrected chi connectivity index (χ4v) is 4.72. The Kier molecular flexibility index (Phi) is 7.03. The van der Waals surface area contributed by atoms with Crippen LogP contribution in [0, 0.1) is 13.8 Å². The third-order valence-electron chi connectivity index (χ3n) is 5.54. The normalized spacial score (nSPS) is 17.0. The molecule has 2 aromatic rings. The van der Waals surface area contributed by atoms with Gasteiger partial charge in [-0.1, -0.05) is 13.8 Å². The molecule has 0 aromatic carbocycles. The van der Waals surface area contributed by atoms with Gasteiger partial charge in [-0.05, 0) is 39.4 Å². The van der Waals surface area contributed by atoms with Gasteiger partial charge in [0.05, 0.1) is 25.1 Å². The summed E-state index contributed by atoms with van der Waals surface area (Å²) in [6, 6.07) is 0.466. The number of rotatable bonds is 8. The molecule has 1 aliphatic heterocycles. The number of aryl methyl sites for hydroxylation is 2. The predicted molar refractivity (Wildman–Crippen MR) is 114 cm³/mol. The number of fused-ring (bicyclic) bond motifs is 1. The molecule has 0 bridgehead atoms. The third-order valence-corrected chi connectivity index (χ3v) is 6.65. The van der Waals surface area contributed by atoms with Crippen molar-refractivity contribution in [2.45, 2.75) is 47.2 Å². The van der Waals surface area contributed by atoms with Crippen LogP contribution < -0.4 is 5.32 Å². The quantitative estimate of drug-likeness (QED) is 0.745. The lowest BCUT2D eigenvalue weighted by molar-refractivity contribution is 0.0331. The van der Waals surface area contributed by atoms with Crippen molar-refractivity contribution in [3.8, 4) is 0 Å². The maximum atomic E-state index is 5.46. The molecule has 0 spiro atoms. The number of aromatic nitrogens is 2. The van der Waals surface area contributed by atoms with Crippen LogP contribution in [0.5, 0.6) is 0 Å². The zero-order valence-corrected chi connectivity index (χ0v) is 18.2. The smallest absolute Gasteiger partial charge is 0.146 e. The van der Waals surface area contributed by atoms with Crippen molar-refractivity contribution in [2.75, 3.05) is 51.3 Å². The van der Waals surface area contributed by atoms with Crippen LogP contribution in [-0.4, -0.2) is 71.7 Å². The monoisotopic (exact) mass is 391 g/mol. The Balaban J connectivity index is 1.84. The molecule has 1 saturated heterocycles. The van der Waals surface area contributed by atoms with E-state index < -0.39 is 0 Å². The maximum Gasteiger partial charge on any atom is 0.146 e.